The summed E-state index contributed by atoms with van der Waals surface area (Å²) in [6, 6.07) is 44.9. The Kier molecular flexibility index (Phi) is 8.33. The Labute approximate surface area is 312 Å². The monoisotopic (exact) mass is 696 g/mol. The molecule has 8 rings (SSSR count). The molecule has 4 nitrogen and oxygen atoms in total. The van der Waals surface area contributed by atoms with E-state index in [4.69, 9.17) is 4.42 Å². The summed E-state index contributed by atoms with van der Waals surface area (Å²) in [5, 5.41) is 3.18. The van der Waals surface area contributed by atoms with Crippen molar-refractivity contribution in [3.63, 3.8) is 0 Å². The van der Waals surface area contributed by atoms with Crippen molar-refractivity contribution in [1.82, 2.24) is 9.13 Å². The number of para-hydroxylation sites is 2. The van der Waals surface area contributed by atoms with E-state index in [0.29, 0.717) is 24.2 Å². The maximum absolute atomic E-state index is 14.9. The molecule has 0 saturated carbocycles. The Morgan fingerprint density at radius 1 is 0.509 bits per heavy atom. The average Bonchev–Trinajstić information content (AvgIpc) is 3.70. The second-order valence-corrected chi connectivity index (χ2v) is 16.9. The molecule has 0 fully saturated rings. The lowest BCUT2D eigenvalue weighted by atomic mass is 9.71. The zero-order valence-corrected chi connectivity index (χ0v) is 31.9. The molecule has 0 aliphatic rings. The molecule has 0 aliphatic heterocycles. The molecule has 3 heterocycles. The Bertz CT molecular complexity index is 2540. The third-order valence-electron chi connectivity index (χ3n) is 11.1. The van der Waals surface area contributed by atoms with Crippen molar-refractivity contribution in [3.05, 3.63) is 189 Å². The lowest BCUT2D eigenvalue weighted by Crippen LogP contribution is -2.31. The summed E-state index contributed by atoms with van der Waals surface area (Å²) < 4.78 is 11.2. The Morgan fingerprint density at radius 2 is 0.981 bits per heavy atom. The van der Waals surface area contributed by atoms with Gasteiger partial charge < -0.3 is 13.6 Å². The first-order valence-electron chi connectivity index (χ1n) is 18.7. The lowest BCUT2D eigenvalue weighted by Gasteiger charge is -2.31. The van der Waals surface area contributed by atoms with E-state index in [1.54, 1.807) is 0 Å². The average molecular weight is 697 g/mol. The van der Waals surface area contributed by atoms with Crippen LogP contribution in [0.5, 0.6) is 0 Å². The molecule has 0 N–H and O–H groups in total. The van der Waals surface area contributed by atoms with Crippen LogP contribution in [0, 0.1) is 0 Å². The third-order valence-corrected chi connectivity index (χ3v) is 11.1. The zero-order valence-electron chi connectivity index (χ0n) is 31.9. The van der Waals surface area contributed by atoms with Crippen LogP contribution < -0.4 is 5.63 Å². The number of aromatic nitrogens is 2. The van der Waals surface area contributed by atoms with Gasteiger partial charge in [0.05, 0.1) is 11.0 Å². The smallest absolute Gasteiger partial charge is 0.340 e. The molecular formula is C49H48N2O2. The van der Waals surface area contributed by atoms with Gasteiger partial charge in [-0.1, -0.05) is 145 Å². The van der Waals surface area contributed by atoms with Gasteiger partial charge in [-0.05, 0) is 69.8 Å². The number of hydrogen-bond donors (Lipinski definition) is 0. The van der Waals surface area contributed by atoms with E-state index in [9.17, 15) is 4.79 Å². The molecule has 266 valence electrons. The molecule has 8 aromatic rings. The van der Waals surface area contributed by atoms with E-state index in [1.807, 2.05) is 0 Å². The Morgan fingerprint density at radius 3 is 1.45 bits per heavy atom. The van der Waals surface area contributed by atoms with Crippen molar-refractivity contribution in [2.45, 2.75) is 77.8 Å². The summed E-state index contributed by atoms with van der Waals surface area (Å²) in [4.78, 5) is 14.9. The molecule has 0 radical (unpaired) electrons. The largest absolute Gasteiger partial charge is 0.422 e. The van der Waals surface area contributed by atoms with Gasteiger partial charge in [0.25, 0.3) is 0 Å². The van der Waals surface area contributed by atoms with Crippen LogP contribution in [0.25, 0.3) is 32.8 Å². The van der Waals surface area contributed by atoms with Gasteiger partial charge in [0.1, 0.15) is 5.58 Å². The highest BCUT2D eigenvalue weighted by Gasteiger charge is 2.40. The van der Waals surface area contributed by atoms with E-state index in [1.165, 1.54) is 16.7 Å². The summed E-state index contributed by atoms with van der Waals surface area (Å²) >= 11 is 0. The van der Waals surface area contributed by atoms with Gasteiger partial charge in [-0.25, -0.2) is 4.79 Å². The molecular weight excluding hydrogens is 649 g/mol. The predicted octanol–water partition coefficient (Wildman–Crippen LogP) is 11.7. The summed E-state index contributed by atoms with van der Waals surface area (Å²) in [6.07, 6.45) is 4.55. The topological polar surface area (TPSA) is 40.1 Å². The fraction of sp³-hybridized carbons (Fsp3) is 0.245. The number of nitrogens with zero attached hydrogens (tertiary/aromatic N) is 2. The molecule has 0 atom stereocenters. The van der Waals surface area contributed by atoms with Crippen LogP contribution in [0.1, 0.15) is 87.4 Å². The first-order chi connectivity index (χ1) is 25.3. The van der Waals surface area contributed by atoms with E-state index < -0.39 is 5.41 Å². The third kappa shape index (κ3) is 6.10. The minimum absolute atomic E-state index is 0.0937. The van der Waals surface area contributed by atoms with Crippen molar-refractivity contribution >= 4 is 32.8 Å². The van der Waals surface area contributed by atoms with Gasteiger partial charge in [-0.3, -0.25) is 0 Å². The van der Waals surface area contributed by atoms with Crippen LogP contribution >= 0.6 is 0 Å². The fourth-order valence-electron chi connectivity index (χ4n) is 8.12. The van der Waals surface area contributed by atoms with E-state index in [-0.39, 0.29) is 16.5 Å². The number of benzene rings is 5. The highest BCUT2D eigenvalue weighted by Crippen LogP contribution is 2.46. The molecule has 3 aromatic heterocycles. The molecule has 0 unspecified atom stereocenters. The first kappa shape index (κ1) is 34.5. The van der Waals surface area contributed by atoms with Gasteiger partial charge in [-0.2, -0.15) is 0 Å². The molecule has 0 aliphatic carbocycles. The van der Waals surface area contributed by atoms with Crippen molar-refractivity contribution in [2.75, 3.05) is 0 Å². The minimum Gasteiger partial charge on any atom is -0.422 e. The number of rotatable bonds is 7. The van der Waals surface area contributed by atoms with Crippen LogP contribution in [0.2, 0.25) is 0 Å². The van der Waals surface area contributed by atoms with Crippen LogP contribution in [0.4, 0.5) is 0 Å². The molecule has 0 bridgehead atoms. The molecule has 0 amide bonds. The Hall–Kier alpha value is -5.61. The van der Waals surface area contributed by atoms with E-state index in [2.05, 4.69) is 197 Å². The standard InChI is InChI=1S/C49H48N2O2/c1-47(2,3)36-26-35-27-40(46(52)53-45(35)39(28-36)48(4,5)6)49(7,41-31-50(29-33-18-10-8-11-19-33)43-24-16-14-22-37(41)43)42-32-51(30-34-20-12-9-13-21-34)44-25-17-15-23-38(42)44/h8-28,31-32H,29-30H2,1-7H3. The van der Waals surface area contributed by atoms with Gasteiger partial charge >= 0.3 is 5.63 Å². The van der Waals surface area contributed by atoms with E-state index >= 15 is 0 Å². The number of fused-ring (bicyclic) bond motifs is 3. The quantitative estimate of drug-likeness (QED) is 0.156. The highest BCUT2D eigenvalue weighted by atomic mass is 16.4. The van der Waals surface area contributed by atoms with Gasteiger partial charge in [-0.15, -0.1) is 0 Å². The maximum Gasteiger partial charge on any atom is 0.340 e. The maximum atomic E-state index is 14.9. The van der Waals surface area contributed by atoms with Gasteiger partial charge in [0.15, 0.2) is 0 Å². The Balaban J connectivity index is 1.46. The fourth-order valence-corrected chi connectivity index (χ4v) is 8.12. The van der Waals surface area contributed by atoms with Gasteiger partial charge in [0, 0.05) is 58.2 Å². The summed E-state index contributed by atoms with van der Waals surface area (Å²) in [7, 11) is 0. The molecule has 0 spiro atoms. The summed E-state index contributed by atoms with van der Waals surface area (Å²) in [5.74, 6) is 0. The highest BCUT2D eigenvalue weighted by molar-refractivity contribution is 5.92. The second kappa shape index (κ2) is 12.8. The van der Waals surface area contributed by atoms with Crippen LogP contribution in [0.15, 0.2) is 149 Å². The van der Waals surface area contributed by atoms with Crippen molar-refractivity contribution in [1.29, 1.82) is 0 Å². The number of hydrogen-bond acceptors (Lipinski definition) is 2. The molecule has 0 saturated heterocycles. The predicted molar refractivity (Wildman–Crippen MR) is 220 cm³/mol. The van der Waals surface area contributed by atoms with E-state index in [0.717, 1.165) is 43.9 Å². The summed E-state index contributed by atoms with van der Waals surface area (Å²) in [5.41, 5.74) is 8.86. The van der Waals surface area contributed by atoms with Crippen LogP contribution in [-0.4, -0.2) is 9.13 Å². The second-order valence-electron chi connectivity index (χ2n) is 16.9. The minimum atomic E-state index is -0.891. The summed E-state index contributed by atoms with van der Waals surface area (Å²) in [6.45, 7) is 17.0. The first-order valence-corrected chi connectivity index (χ1v) is 18.7. The SMILES string of the molecule is CC(C)(C)c1cc(C(C)(C)C)c2oc(=O)c(C(C)(c3cn(Cc4ccccc4)c4ccccc34)c3cn(Cc4ccccc4)c4ccccc34)cc2c1. The molecule has 53 heavy (non-hydrogen) atoms. The molecule has 5 aromatic carbocycles. The molecule has 4 heteroatoms. The van der Waals surface area contributed by atoms with Crippen molar-refractivity contribution in [2.24, 2.45) is 0 Å². The normalized spacial score (nSPS) is 12.7. The lowest BCUT2D eigenvalue weighted by molar-refractivity contribution is 0.507. The zero-order chi connectivity index (χ0) is 37.1. The van der Waals surface area contributed by atoms with Crippen molar-refractivity contribution < 1.29 is 4.42 Å². The van der Waals surface area contributed by atoms with Crippen molar-refractivity contribution in [3.8, 4) is 0 Å². The van der Waals surface area contributed by atoms with Gasteiger partial charge in [0.2, 0.25) is 0 Å². The van der Waals surface area contributed by atoms with Crippen LogP contribution in [-0.2, 0) is 29.3 Å². The van der Waals surface area contributed by atoms with Crippen LogP contribution in [0.3, 0.4) is 0 Å².